The van der Waals surface area contributed by atoms with Crippen molar-refractivity contribution in [3.05, 3.63) is 46.3 Å². The largest absolute Gasteiger partial charge is 0.439 e. The SMILES string of the molecule is CC1(C)O[C@]2(C)OC(C)(C)[C@](C)(OC(=O)N[C@@H](Cc3ccccc3)[C@H](O)CN=[N+]=[N-])[C@]2(C)C1(C)C. The van der Waals surface area contributed by atoms with Gasteiger partial charge in [0.2, 0.25) is 0 Å². The van der Waals surface area contributed by atoms with E-state index in [-0.39, 0.29) is 6.54 Å². The van der Waals surface area contributed by atoms with Gasteiger partial charge in [0.25, 0.3) is 0 Å². The minimum Gasteiger partial charge on any atom is -0.439 e. The van der Waals surface area contributed by atoms with Crippen LogP contribution in [-0.4, -0.2) is 52.5 Å². The molecule has 0 bridgehead atoms. The number of aliphatic hydroxyl groups is 1. The van der Waals surface area contributed by atoms with E-state index in [0.29, 0.717) is 6.42 Å². The zero-order valence-corrected chi connectivity index (χ0v) is 22.4. The Hall–Kier alpha value is -2.32. The van der Waals surface area contributed by atoms with Gasteiger partial charge < -0.3 is 24.6 Å². The number of azide groups is 1. The zero-order chi connectivity index (χ0) is 26.5. The number of benzene rings is 1. The molecule has 0 aliphatic carbocycles. The smallest absolute Gasteiger partial charge is 0.408 e. The van der Waals surface area contributed by atoms with E-state index in [1.165, 1.54) is 0 Å². The van der Waals surface area contributed by atoms with E-state index in [2.05, 4.69) is 36.1 Å². The summed E-state index contributed by atoms with van der Waals surface area (Å²) in [5, 5.41) is 17.0. The molecule has 1 aromatic carbocycles. The van der Waals surface area contributed by atoms with Gasteiger partial charge in [-0.2, -0.15) is 0 Å². The standard InChI is InChI=1S/C26H40N4O5/c1-21(2)22(3,4)34-26(9)24(21,7)25(8,23(5,6)35-26)33-20(32)29-18(19(31)16-28-30-27)15-17-13-11-10-12-14-17/h10-14,18-19,31H,15-16H2,1-9H3,(H,29,32)/t18-,19+,24-,25-,26+/m0/s1. The summed E-state index contributed by atoms with van der Waals surface area (Å²) in [5.74, 6) is -0.997. The van der Waals surface area contributed by atoms with Crippen molar-refractivity contribution in [2.45, 2.75) is 103 Å². The van der Waals surface area contributed by atoms with Crippen LogP contribution in [0.25, 0.3) is 10.4 Å². The van der Waals surface area contributed by atoms with Gasteiger partial charge in [0.1, 0.15) is 5.60 Å². The van der Waals surface area contributed by atoms with Crippen molar-refractivity contribution >= 4 is 6.09 Å². The summed E-state index contributed by atoms with van der Waals surface area (Å²) >= 11 is 0. The molecule has 9 nitrogen and oxygen atoms in total. The molecule has 2 N–H and O–H groups in total. The predicted octanol–water partition coefficient (Wildman–Crippen LogP) is 5.12. The number of aliphatic hydroxyl groups excluding tert-OH is 1. The first-order chi connectivity index (χ1) is 16.0. The maximum atomic E-state index is 13.4. The minimum atomic E-state index is -1.09. The summed E-state index contributed by atoms with van der Waals surface area (Å²) in [6.45, 7) is 17.8. The number of ether oxygens (including phenoxy) is 3. The lowest BCUT2D eigenvalue weighted by atomic mass is 9.51. The number of nitrogens with one attached hydrogen (secondary N) is 1. The van der Waals surface area contributed by atoms with Gasteiger partial charge in [-0.3, -0.25) is 0 Å². The minimum absolute atomic E-state index is 0.176. The van der Waals surface area contributed by atoms with Crippen LogP contribution < -0.4 is 5.32 Å². The number of amides is 1. The lowest BCUT2D eigenvalue weighted by Gasteiger charge is -2.53. The van der Waals surface area contributed by atoms with Crippen LogP contribution in [0, 0.1) is 10.8 Å². The summed E-state index contributed by atoms with van der Waals surface area (Å²) in [6, 6.07) is 8.74. The second-order valence-electron chi connectivity index (χ2n) is 11.8. The second kappa shape index (κ2) is 8.66. The summed E-state index contributed by atoms with van der Waals surface area (Å²) in [4.78, 5) is 16.2. The van der Waals surface area contributed by atoms with Crippen molar-refractivity contribution in [1.29, 1.82) is 0 Å². The zero-order valence-electron chi connectivity index (χ0n) is 22.4. The Morgan fingerprint density at radius 3 is 2.20 bits per heavy atom. The Labute approximate surface area is 208 Å². The lowest BCUT2D eigenvalue weighted by molar-refractivity contribution is -0.265. The fourth-order valence-corrected chi connectivity index (χ4v) is 6.22. The number of carbonyl (C=O) groups excluding carboxylic acids is 1. The van der Waals surface area contributed by atoms with Crippen LogP contribution >= 0.6 is 0 Å². The molecule has 194 valence electrons. The Morgan fingerprint density at radius 2 is 1.63 bits per heavy atom. The topological polar surface area (TPSA) is 126 Å². The van der Waals surface area contributed by atoms with Crippen LogP contribution in [0.3, 0.4) is 0 Å². The Morgan fingerprint density at radius 1 is 1.06 bits per heavy atom. The van der Waals surface area contributed by atoms with Crippen molar-refractivity contribution in [3.63, 3.8) is 0 Å². The molecule has 0 saturated carbocycles. The van der Waals surface area contributed by atoms with Gasteiger partial charge in [-0.15, -0.1) is 0 Å². The number of alkyl carbamates (subject to hydrolysis) is 1. The van der Waals surface area contributed by atoms with Gasteiger partial charge in [0.15, 0.2) is 11.4 Å². The molecule has 35 heavy (non-hydrogen) atoms. The summed E-state index contributed by atoms with van der Waals surface area (Å²) in [6.07, 6.45) is -1.44. The van der Waals surface area contributed by atoms with Crippen molar-refractivity contribution in [2.75, 3.05) is 6.54 Å². The highest BCUT2D eigenvalue weighted by Crippen LogP contribution is 2.74. The maximum Gasteiger partial charge on any atom is 0.408 e. The Kier molecular flexibility index (Phi) is 6.75. The van der Waals surface area contributed by atoms with Crippen LogP contribution in [0.5, 0.6) is 0 Å². The molecule has 0 spiro atoms. The Balaban J connectivity index is 1.92. The summed E-state index contributed by atoms with van der Waals surface area (Å²) in [5.41, 5.74) is 5.92. The molecule has 0 unspecified atom stereocenters. The number of fused-ring (bicyclic) bond motifs is 1. The molecule has 5 atom stereocenters. The van der Waals surface area contributed by atoms with E-state index in [1.807, 2.05) is 71.9 Å². The van der Waals surface area contributed by atoms with Crippen LogP contribution in [-0.2, 0) is 20.6 Å². The van der Waals surface area contributed by atoms with Crippen LogP contribution in [0.2, 0.25) is 0 Å². The highest BCUT2D eigenvalue weighted by atomic mass is 16.7. The molecule has 0 radical (unpaired) electrons. The number of rotatable bonds is 7. The molecular formula is C26H40N4O5. The highest BCUT2D eigenvalue weighted by Gasteiger charge is 2.84. The van der Waals surface area contributed by atoms with Gasteiger partial charge in [0.05, 0.1) is 29.7 Å². The van der Waals surface area contributed by atoms with E-state index in [1.54, 1.807) is 0 Å². The third-order valence-corrected chi connectivity index (χ3v) is 9.36. The first-order valence-electron chi connectivity index (χ1n) is 12.1. The average Bonchev–Trinajstić information content (AvgIpc) is 2.93. The maximum absolute atomic E-state index is 13.4. The highest BCUT2D eigenvalue weighted by molar-refractivity contribution is 5.69. The second-order valence-corrected chi connectivity index (χ2v) is 11.8. The van der Waals surface area contributed by atoms with Gasteiger partial charge in [-0.25, -0.2) is 4.79 Å². The van der Waals surface area contributed by atoms with E-state index in [9.17, 15) is 9.90 Å². The van der Waals surface area contributed by atoms with Crippen molar-refractivity contribution in [2.24, 2.45) is 15.9 Å². The fourth-order valence-electron chi connectivity index (χ4n) is 6.22. The predicted molar refractivity (Wildman–Crippen MR) is 133 cm³/mol. The van der Waals surface area contributed by atoms with Crippen molar-refractivity contribution in [3.8, 4) is 0 Å². The van der Waals surface area contributed by atoms with Gasteiger partial charge >= 0.3 is 6.09 Å². The normalized spacial score (nSPS) is 33.8. The number of hydrogen-bond acceptors (Lipinski definition) is 6. The fraction of sp³-hybridized carbons (Fsp3) is 0.731. The third-order valence-electron chi connectivity index (χ3n) is 9.36. The number of carbonyl (C=O) groups is 1. The van der Waals surface area contributed by atoms with Crippen molar-refractivity contribution < 1.29 is 24.1 Å². The number of nitrogens with zero attached hydrogens (tertiary/aromatic N) is 3. The van der Waals surface area contributed by atoms with Gasteiger partial charge in [-0.05, 0) is 66.0 Å². The molecule has 1 amide bonds. The lowest BCUT2D eigenvalue weighted by Crippen LogP contribution is -2.64. The number of hydrogen-bond donors (Lipinski definition) is 2. The first kappa shape index (κ1) is 27.3. The molecule has 2 aliphatic heterocycles. The monoisotopic (exact) mass is 488 g/mol. The molecule has 3 rings (SSSR count). The van der Waals surface area contributed by atoms with Crippen molar-refractivity contribution in [1.82, 2.24) is 5.32 Å². The van der Waals surface area contributed by atoms with Gasteiger partial charge in [-0.1, -0.05) is 49.3 Å². The van der Waals surface area contributed by atoms with Gasteiger partial charge in [0, 0.05) is 10.3 Å². The molecule has 2 fully saturated rings. The molecular weight excluding hydrogens is 448 g/mol. The summed E-state index contributed by atoms with van der Waals surface area (Å²) in [7, 11) is 0. The molecule has 0 aromatic heterocycles. The average molecular weight is 489 g/mol. The van der Waals surface area contributed by atoms with E-state index in [4.69, 9.17) is 19.7 Å². The molecule has 2 aliphatic rings. The third kappa shape index (κ3) is 3.99. The molecule has 1 aromatic rings. The van der Waals surface area contributed by atoms with Crippen LogP contribution in [0.15, 0.2) is 35.4 Å². The summed E-state index contributed by atoms with van der Waals surface area (Å²) < 4.78 is 19.3. The first-order valence-corrected chi connectivity index (χ1v) is 12.1. The molecule has 2 saturated heterocycles. The van der Waals surface area contributed by atoms with E-state index >= 15 is 0 Å². The van der Waals surface area contributed by atoms with Crippen LogP contribution in [0.4, 0.5) is 4.79 Å². The Bertz CT molecular complexity index is 1010. The molecule has 9 heteroatoms. The van der Waals surface area contributed by atoms with E-state index < -0.39 is 51.7 Å². The van der Waals surface area contributed by atoms with E-state index in [0.717, 1.165) is 5.56 Å². The molecule has 2 heterocycles. The van der Waals surface area contributed by atoms with Crippen LogP contribution in [0.1, 0.15) is 67.9 Å². The quantitative estimate of drug-likeness (QED) is 0.313.